The number of fused-ring (bicyclic) bond motifs is 1. The summed E-state index contributed by atoms with van der Waals surface area (Å²) in [6.07, 6.45) is 1.57. The minimum atomic E-state index is -0.226. The molecular weight excluding hydrogens is 340 g/mol. The predicted molar refractivity (Wildman–Crippen MR) is 99.5 cm³/mol. The van der Waals surface area contributed by atoms with Gasteiger partial charge in [-0.15, -0.1) is 11.3 Å². The van der Waals surface area contributed by atoms with E-state index in [1.807, 2.05) is 6.92 Å². The highest BCUT2D eigenvalue weighted by atomic mass is 32.2. The maximum atomic E-state index is 12.7. The number of ether oxygens (including phenoxy) is 1. The van der Waals surface area contributed by atoms with E-state index in [0.717, 1.165) is 21.0 Å². The minimum absolute atomic E-state index is 0.0824. The molecule has 2 aromatic heterocycles. The quantitative estimate of drug-likeness (QED) is 0.376. The fraction of sp³-hybridized carbons (Fsp3) is 0.278. The molecule has 0 aliphatic rings. The standard InChI is InChI=1S/C18H18N2O2S2/c1-10-11(2)23-17-15(10)18(20-9-19-17)24-12(3)16(21)13-5-7-14(22-4)8-6-13/h5-9,12H,1-4H3. The Morgan fingerprint density at radius 1 is 1.21 bits per heavy atom. The highest BCUT2D eigenvalue weighted by Crippen LogP contribution is 2.36. The lowest BCUT2D eigenvalue weighted by molar-refractivity contribution is 0.0994. The van der Waals surface area contributed by atoms with Crippen LogP contribution >= 0.6 is 23.1 Å². The number of carbonyl (C=O) groups is 1. The van der Waals surface area contributed by atoms with Gasteiger partial charge < -0.3 is 4.74 Å². The summed E-state index contributed by atoms with van der Waals surface area (Å²) in [5.41, 5.74) is 1.88. The van der Waals surface area contributed by atoms with E-state index >= 15 is 0 Å². The van der Waals surface area contributed by atoms with Crippen LogP contribution < -0.4 is 4.74 Å². The zero-order valence-corrected chi connectivity index (χ0v) is 15.6. The van der Waals surface area contributed by atoms with E-state index in [4.69, 9.17) is 4.74 Å². The first-order valence-corrected chi connectivity index (χ1v) is 9.26. The van der Waals surface area contributed by atoms with E-state index in [9.17, 15) is 4.79 Å². The number of rotatable bonds is 5. The molecule has 4 nitrogen and oxygen atoms in total. The topological polar surface area (TPSA) is 52.1 Å². The van der Waals surface area contributed by atoms with Crippen LogP contribution in [-0.4, -0.2) is 28.1 Å². The number of carbonyl (C=O) groups excluding carboxylic acids is 1. The van der Waals surface area contributed by atoms with E-state index < -0.39 is 0 Å². The fourth-order valence-corrected chi connectivity index (χ4v) is 4.57. The Bertz CT molecular complexity index is 888. The number of aromatic nitrogens is 2. The van der Waals surface area contributed by atoms with Crippen LogP contribution in [-0.2, 0) is 0 Å². The summed E-state index contributed by atoms with van der Waals surface area (Å²) in [6.45, 7) is 6.08. The van der Waals surface area contributed by atoms with E-state index in [0.29, 0.717) is 5.56 Å². The van der Waals surface area contributed by atoms with Gasteiger partial charge >= 0.3 is 0 Å². The van der Waals surface area contributed by atoms with Crippen LogP contribution in [0.4, 0.5) is 0 Å². The van der Waals surface area contributed by atoms with Crippen LogP contribution in [0.2, 0.25) is 0 Å². The molecule has 124 valence electrons. The SMILES string of the molecule is COc1ccc(C(=O)C(C)Sc2ncnc3sc(C)c(C)c23)cc1. The van der Waals surface area contributed by atoms with Crippen molar-refractivity contribution in [2.45, 2.75) is 31.0 Å². The second-order valence-corrected chi connectivity index (χ2v) is 8.03. The number of aryl methyl sites for hydroxylation is 2. The Labute approximate surface area is 149 Å². The number of methoxy groups -OCH3 is 1. The van der Waals surface area contributed by atoms with Gasteiger partial charge in [0.15, 0.2) is 5.78 Å². The van der Waals surface area contributed by atoms with Gasteiger partial charge in [0, 0.05) is 15.8 Å². The molecule has 0 aliphatic carbocycles. The molecule has 3 rings (SSSR count). The monoisotopic (exact) mass is 358 g/mol. The molecule has 1 atom stereocenters. The maximum Gasteiger partial charge on any atom is 0.175 e. The van der Waals surface area contributed by atoms with Gasteiger partial charge in [-0.05, 0) is 50.6 Å². The van der Waals surface area contributed by atoms with E-state index in [2.05, 4.69) is 23.8 Å². The summed E-state index contributed by atoms with van der Waals surface area (Å²) < 4.78 is 5.14. The Morgan fingerprint density at radius 3 is 2.58 bits per heavy atom. The maximum absolute atomic E-state index is 12.7. The average Bonchev–Trinajstić information content (AvgIpc) is 2.89. The summed E-state index contributed by atoms with van der Waals surface area (Å²) in [5, 5.41) is 1.71. The smallest absolute Gasteiger partial charge is 0.175 e. The Kier molecular flexibility index (Phi) is 4.87. The van der Waals surface area contributed by atoms with Crippen LogP contribution in [0.1, 0.15) is 27.7 Å². The van der Waals surface area contributed by atoms with Gasteiger partial charge in [-0.25, -0.2) is 9.97 Å². The number of benzene rings is 1. The summed E-state index contributed by atoms with van der Waals surface area (Å²) in [6, 6.07) is 7.21. The van der Waals surface area contributed by atoms with Crippen molar-refractivity contribution in [3.63, 3.8) is 0 Å². The summed E-state index contributed by atoms with van der Waals surface area (Å²) >= 11 is 3.15. The highest BCUT2D eigenvalue weighted by Gasteiger charge is 2.20. The molecule has 0 saturated heterocycles. The Balaban J connectivity index is 1.86. The summed E-state index contributed by atoms with van der Waals surface area (Å²) in [7, 11) is 1.61. The van der Waals surface area contributed by atoms with Crippen molar-refractivity contribution in [3.05, 3.63) is 46.6 Å². The predicted octanol–water partition coefficient (Wildman–Crippen LogP) is 4.68. The molecule has 24 heavy (non-hydrogen) atoms. The van der Waals surface area contributed by atoms with E-state index in [1.54, 1.807) is 49.0 Å². The fourth-order valence-electron chi connectivity index (χ4n) is 2.45. The lowest BCUT2D eigenvalue weighted by atomic mass is 10.1. The molecule has 1 aromatic carbocycles. The number of ketones is 1. The third kappa shape index (κ3) is 3.16. The first-order valence-electron chi connectivity index (χ1n) is 7.57. The second-order valence-electron chi connectivity index (χ2n) is 5.50. The largest absolute Gasteiger partial charge is 0.497 e. The molecule has 0 radical (unpaired) electrons. The van der Waals surface area contributed by atoms with Crippen LogP contribution in [0.25, 0.3) is 10.2 Å². The van der Waals surface area contributed by atoms with Crippen LogP contribution in [0.5, 0.6) is 5.75 Å². The molecular formula is C18H18N2O2S2. The molecule has 0 bridgehead atoms. The van der Waals surface area contributed by atoms with Crippen LogP contribution in [0.3, 0.4) is 0 Å². The van der Waals surface area contributed by atoms with Gasteiger partial charge in [0.1, 0.15) is 21.9 Å². The molecule has 0 spiro atoms. The first-order chi connectivity index (χ1) is 11.5. The molecule has 0 saturated carbocycles. The lowest BCUT2D eigenvalue weighted by Crippen LogP contribution is -2.13. The number of Topliss-reactive ketones (excluding diaryl/α,β-unsaturated/α-hetero) is 1. The van der Waals surface area contributed by atoms with Gasteiger partial charge in [0.05, 0.1) is 12.4 Å². The van der Waals surface area contributed by atoms with E-state index in [-0.39, 0.29) is 11.0 Å². The first kappa shape index (κ1) is 16.9. The third-order valence-corrected chi connectivity index (χ3v) is 6.18. The molecule has 0 fully saturated rings. The second kappa shape index (κ2) is 6.91. The molecule has 6 heteroatoms. The molecule has 0 N–H and O–H groups in total. The number of thiophene rings is 1. The molecule has 2 heterocycles. The number of hydrogen-bond acceptors (Lipinski definition) is 6. The van der Waals surface area contributed by atoms with Crippen molar-refractivity contribution in [2.75, 3.05) is 7.11 Å². The van der Waals surface area contributed by atoms with Gasteiger partial charge in [-0.2, -0.15) is 0 Å². The lowest BCUT2D eigenvalue weighted by Gasteiger charge is -2.11. The molecule has 1 unspecified atom stereocenters. The minimum Gasteiger partial charge on any atom is -0.497 e. The van der Waals surface area contributed by atoms with Crippen molar-refractivity contribution in [1.82, 2.24) is 9.97 Å². The molecule has 0 amide bonds. The van der Waals surface area contributed by atoms with Crippen molar-refractivity contribution >= 4 is 39.1 Å². The van der Waals surface area contributed by atoms with Crippen LogP contribution in [0.15, 0.2) is 35.6 Å². The zero-order chi connectivity index (χ0) is 17.3. The third-order valence-electron chi connectivity index (χ3n) is 3.96. The van der Waals surface area contributed by atoms with Crippen molar-refractivity contribution in [1.29, 1.82) is 0 Å². The average molecular weight is 358 g/mol. The Morgan fingerprint density at radius 2 is 1.92 bits per heavy atom. The zero-order valence-electron chi connectivity index (χ0n) is 14.0. The summed E-state index contributed by atoms with van der Waals surface area (Å²) in [5.74, 6) is 0.827. The van der Waals surface area contributed by atoms with Gasteiger partial charge in [0.25, 0.3) is 0 Å². The molecule has 3 aromatic rings. The Hall–Kier alpha value is -1.92. The highest BCUT2D eigenvalue weighted by molar-refractivity contribution is 8.00. The van der Waals surface area contributed by atoms with Crippen molar-refractivity contribution in [3.8, 4) is 5.75 Å². The number of hydrogen-bond donors (Lipinski definition) is 0. The molecule has 0 aliphatic heterocycles. The van der Waals surface area contributed by atoms with Gasteiger partial charge in [-0.1, -0.05) is 11.8 Å². The summed E-state index contributed by atoms with van der Waals surface area (Å²) in [4.78, 5) is 23.6. The van der Waals surface area contributed by atoms with Gasteiger partial charge in [0.2, 0.25) is 0 Å². The van der Waals surface area contributed by atoms with E-state index in [1.165, 1.54) is 22.2 Å². The number of nitrogens with zero attached hydrogens (tertiary/aromatic N) is 2. The van der Waals surface area contributed by atoms with Gasteiger partial charge in [-0.3, -0.25) is 4.79 Å². The normalized spacial score (nSPS) is 12.3. The van der Waals surface area contributed by atoms with Crippen molar-refractivity contribution in [2.24, 2.45) is 0 Å². The van der Waals surface area contributed by atoms with Crippen LogP contribution in [0, 0.1) is 13.8 Å². The number of thioether (sulfide) groups is 1. The van der Waals surface area contributed by atoms with Crippen molar-refractivity contribution < 1.29 is 9.53 Å².